The molecule has 3 nitrogen and oxygen atoms in total. The van der Waals surface area contributed by atoms with Crippen LogP contribution in [0.2, 0.25) is 0 Å². The number of thiophene rings is 3. The summed E-state index contributed by atoms with van der Waals surface area (Å²) in [6.45, 7) is 0. The molecule has 6 heterocycles. The zero-order valence-electron chi connectivity index (χ0n) is 59.9. The monoisotopic (exact) mass is 1460 g/mol. The molecule has 0 N–H and O–H groups in total. The molecule has 0 amide bonds. The average Bonchev–Trinajstić information content (AvgIpc) is 1.72. The molecule has 0 spiro atoms. The van der Waals surface area contributed by atoms with Gasteiger partial charge < -0.3 is 0 Å². The molecule has 0 saturated carbocycles. The fourth-order valence-electron chi connectivity index (χ4n) is 17.3. The molecular weight excluding hydrogens is 1400 g/mol. The predicted octanol–water partition coefficient (Wildman–Crippen LogP) is 30.7. The van der Waals surface area contributed by atoms with E-state index in [0.29, 0.717) is 0 Å². The molecule has 6 aromatic heterocycles. The maximum absolute atomic E-state index is 5.34. The zero-order valence-corrected chi connectivity index (χ0v) is 62.4. The second-order valence-corrected chi connectivity index (χ2v) is 31.8. The Morgan fingerprint density at radius 1 is 0.144 bits per heavy atom. The lowest BCUT2D eigenvalue weighted by Gasteiger charge is -2.13. The number of benzene rings is 18. The Morgan fingerprint density at radius 2 is 0.405 bits per heavy atom. The largest absolute Gasteiger partial charge is 0.247 e. The van der Waals surface area contributed by atoms with Crippen LogP contribution in [0.5, 0.6) is 0 Å². The zero-order chi connectivity index (χ0) is 73.0. The first-order valence-corrected chi connectivity index (χ1v) is 40.1. The maximum atomic E-state index is 5.34. The van der Waals surface area contributed by atoms with Crippen LogP contribution in [-0.2, 0) is 0 Å². The first kappa shape index (κ1) is 64.6. The van der Waals surface area contributed by atoms with Crippen molar-refractivity contribution >= 4 is 192 Å². The minimum Gasteiger partial charge on any atom is -0.247 e. The fraction of sp³-hybridized carbons (Fsp3) is 0. The van der Waals surface area contributed by atoms with Gasteiger partial charge in [0.2, 0.25) is 0 Å². The number of aromatic nitrogens is 3. The SMILES string of the molecule is c1cc(-c2ccc3c4ccccc4c4ccccc4c3n2)cc(-c2cccc3c2sc2ccccc23)c1.c1ccc(-c2cccc3c2sc2ccccc23)c(-c2ccc3c4ccccc4c4ccccc4c3n2)c1.c1ccc2c(c1)sc1c(-c3ccc(-c4ccc5c6ccccc6c6ccccc6c5n4)cc3)cccc12. The third-order valence-electron chi connectivity index (χ3n) is 22.4. The number of hydrogen-bond donors (Lipinski definition) is 0. The summed E-state index contributed by atoms with van der Waals surface area (Å²) in [4.78, 5) is 15.8. The highest BCUT2D eigenvalue weighted by molar-refractivity contribution is 7.27. The van der Waals surface area contributed by atoms with E-state index in [9.17, 15) is 0 Å². The van der Waals surface area contributed by atoms with E-state index < -0.39 is 0 Å². The highest BCUT2D eigenvalue weighted by atomic mass is 32.1. The molecule has 0 unspecified atom stereocenters. The van der Waals surface area contributed by atoms with Crippen molar-refractivity contribution in [2.24, 2.45) is 0 Å². The summed E-state index contributed by atoms with van der Waals surface area (Å²) < 4.78 is 8.00. The van der Waals surface area contributed by atoms with Gasteiger partial charge in [-0.25, -0.2) is 15.0 Å². The molecule has 0 aliphatic rings. The summed E-state index contributed by atoms with van der Waals surface area (Å²) in [5, 5.41) is 26.5. The Balaban J connectivity index is 0.000000102. The number of nitrogens with zero attached hydrogens (tertiary/aromatic N) is 3. The Hall–Kier alpha value is -13.6. The van der Waals surface area contributed by atoms with Crippen molar-refractivity contribution in [1.29, 1.82) is 0 Å². The summed E-state index contributed by atoms with van der Waals surface area (Å²) in [5.74, 6) is 0. The van der Waals surface area contributed by atoms with Crippen molar-refractivity contribution in [2.45, 2.75) is 0 Å². The lowest BCUT2D eigenvalue weighted by Crippen LogP contribution is -1.91. The van der Waals surface area contributed by atoms with Gasteiger partial charge in [-0.3, -0.25) is 0 Å². The van der Waals surface area contributed by atoms with Gasteiger partial charge in [0.05, 0.1) is 33.6 Å². The first-order chi connectivity index (χ1) is 55.1. The second kappa shape index (κ2) is 26.7. The van der Waals surface area contributed by atoms with Crippen LogP contribution in [-0.4, -0.2) is 15.0 Å². The normalized spacial score (nSPS) is 11.8. The summed E-state index contributed by atoms with van der Waals surface area (Å²) >= 11 is 5.62. The summed E-state index contributed by atoms with van der Waals surface area (Å²) in [5.41, 5.74) is 17.1. The van der Waals surface area contributed by atoms with Crippen LogP contribution in [0.1, 0.15) is 0 Å². The van der Waals surface area contributed by atoms with Gasteiger partial charge in [0.15, 0.2) is 0 Å². The van der Waals surface area contributed by atoms with Crippen molar-refractivity contribution in [3.8, 4) is 67.2 Å². The minimum absolute atomic E-state index is 0.998. The molecule has 0 fully saturated rings. The third-order valence-corrected chi connectivity index (χ3v) is 26.1. The number of fused-ring (bicyclic) bond motifs is 27. The second-order valence-electron chi connectivity index (χ2n) is 28.6. The van der Waals surface area contributed by atoms with Crippen LogP contribution in [0.3, 0.4) is 0 Å². The topological polar surface area (TPSA) is 38.7 Å². The van der Waals surface area contributed by atoms with Crippen LogP contribution in [0.15, 0.2) is 382 Å². The van der Waals surface area contributed by atoms with Gasteiger partial charge >= 0.3 is 0 Å². The van der Waals surface area contributed by atoms with Gasteiger partial charge in [-0.15, -0.1) is 34.0 Å². The Bertz CT molecular complexity index is 7820. The average molecular weight is 1460 g/mol. The molecule has 0 aliphatic heterocycles. The van der Waals surface area contributed by atoms with Gasteiger partial charge in [-0.05, 0) is 137 Å². The van der Waals surface area contributed by atoms with E-state index >= 15 is 0 Å². The van der Waals surface area contributed by atoms with Gasteiger partial charge in [-0.2, -0.15) is 0 Å². The molecule has 0 bridgehead atoms. The molecule has 0 saturated heterocycles. The molecule has 0 aliphatic carbocycles. The van der Waals surface area contributed by atoms with E-state index in [1.807, 2.05) is 34.0 Å². The Kier molecular flexibility index (Phi) is 15.5. The standard InChI is InChI=1S/3C35H21NS/c1-2-12-24-22(10-1)23-11-4-6-16-28(23)34-29(24)20-21-32(36-34)26-14-5-3-13-25(26)30-17-9-18-31-27-15-7-8-19-33(27)37-35(30)31;1-2-13-27-25(11-1)26-12-3-4-15-29(26)34-30(27)19-20-32(36-34)23-10-7-9-22(21-23)24-16-8-17-31-28-14-5-6-18-33(28)37-35(24)31;1-2-10-27-25(8-1)26-9-3-4-12-29(26)34-30(27)20-21-32(36-34)23-18-16-22(17-19-23)24-13-7-14-31-28-11-5-6-15-33(28)37-35(24)31/h3*1-21H. The van der Waals surface area contributed by atoms with E-state index in [-0.39, 0.29) is 0 Å². The lowest BCUT2D eigenvalue weighted by atomic mass is 9.94. The third kappa shape index (κ3) is 10.9. The quantitative estimate of drug-likeness (QED) is 0.156. The molecule has 516 valence electrons. The van der Waals surface area contributed by atoms with Crippen LogP contribution < -0.4 is 0 Å². The van der Waals surface area contributed by atoms with Crippen LogP contribution >= 0.6 is 34.0 Å². The van der Waals surface area contributed by atoms with Crippen molar-refractivity contribution in [1.82, 2.24) is 15.0 Å². The highest BCUT2D eigenvalue weighted by Crippen LogP contribution is 2.47. The molecule has 24 rings (SSSR count). The van der Waals surface area contributed by atoms with Gasteiger partial charge in [0.1, 0.15) is 0 Å². The smallest absolute Gasteiger partial charge is 0.0794 e. The van der Waals surface area contributed by atoms with Crippen molar-refractivity contribution in [3.63, 3.8) is 0 Å². The van der Waals surface area contributed by atoms with Gasteiger partial charge in [0.25, 0.3) is 0 Å². The first-order valence-electron chi connectivity index (χ1n) is 37.7. The lowest BCUT2D eigenvalue weighted by molar-refractivity contribution is 1.41. The molecule has 111 heavy (non-hydrogen) atoms. The minimum atomic E-state index is 0.998. The summed E-state index contributed by atoms with van der Waals surface area (Å²) in [6.07, 6.45) is 0. The number of hydrogen-bond acceptors (Lipinski definition) is 6. The number of pyridine rings is 3. The molecule has 18 aromatic carbocycles. The fourth-order valence-corrected chi connectivity index (χ4v) is 21.0. The molecule has 0 radical (unpaired) electrons. The molecule has 6 heteroatoms. The van der Waals surface area contributed by atoms with Crippen LogP contribution in [0, 0.1) is 0 Å². The maximum Gasteiger partial charge on any atom is 0.0794 e. The van der Waals surface area contributed by atoms with E-state index in [1.54, 1.807) is 0 Å². The van der Waals surface area contributed by atoms with E-state index in [0.717, 1.165) is 50.3 Å². The molecule has 0 atom stereocenters. The van der Waals surface area contributed by atoms with E-state index in [4.69, 9.17) is 15.0 Å². The molecule has 24 aromatic rings. The van der Waals surface area contributed by atoms with Crippen molar-refractivity contribution in [2.75, 3.05) is 0 Å². The van der Waals surface area contributed by atoms with Crippen LogP contribution in [0.4, 0.5) is 0 Å². The Labute approximate surface area is 651 Å². The summed E-state index contributed by atoms with van der Waals surface area (Å²) in [7, 11) is 0. The van der Waals surface area contributed by atoms with Crippen molar-refractivity contribution < 1.29 is 0 Å². The van der Waals surface area contributed by atoms with E-state index in [2.05, 4.69) is 382 Å². The summed E-state index contributed by atoms with van der Waals surface area (Å²) in [6, 6.07) is 137. The van der Waals surface area contributed by atoms with E-state index in [1.165, 1.54) is 175 Å². The molecular formula is C105H63N3S3. The van der Waals surface area contributed by atoms with Gasteiger partial charge in [0, 0.05) is 115 Å². The Morgan fingerprint density at radius 3 is 0.829 bits per heavy atom. The van der Waals surface area contributed by atoms with Crippen molar-refractivity contribution in [3.05, 3.63) is 382 Å². The number of rotatable bonds is 6. The van der Waals surface area contributed by atoms with Crippen LogP contribution in [0.25, 0.3) is 225 Å². The van der Waals surface area contributed by atoms with Gasteiger partial charge in [-0.1, -0.05) is 322 Å². The highest BCUT2D eigenvalue weighted by Gasteiger charge is 2.20. The predicted molar refractivity (Wildman–Crippen MR) is 482 cm³/mol.